The van der Waals surface area contributed by atoms with Crippen LogP contribution in [0, 0.1) is 5.41 Å². The number of hydrazine groups is 1. The summed E-state index contributed by atoms with van der Waals surface area (Å²) in [6.45, 7) is 6.91. The van der Waals surface area contributed by atoms with E-state index in [1.54, 1.807) is 0 Å². The molecule has 1 saturated carbocycles. The Morgan fingerprint density at radius 3 is 2.12 bits per heavy atom. The van der Waals surface area contributed by atoms with Crippen LogP contribution in [0.15, 0.2) is 0 Å². The highest BCUT2D eigenvalue weighted by atomic mass is 15.3. The van der Waals surface area contributed by atoms with Crippen molar-refractivity contribution in [2.24, 2.45) is 11.3 Å². The second kappa shape index (κ2) is 5.68. The Labute approximate surface area is 107 Å². The number of rotatable bonds is 5. The Hall–Kier alpha value is -0.120. The van der Waals surface area contributed by atoms with Crippen LogP contribution in [0.25, 0.3) is 0 Å². The fraction of sp³-hybridized carbons (Fsp3) is 1.00. The van der Waals surface area contributed by atoms with Gasteiger partial charge in [0.25, 0.3) is 0 Å². The van der Waals surface area contributed by atoms with E-state index in [4.69, 9.17) is 5.84 Å². The molecule has 1 atom stereocenters. The first-order chi connectivity index (χ1) is 7.82. The van der Waals surface area contributed by atoms with Crippen LogP contribution < -0.4 is 11.3 Å². The molecule has 1 rings (SSSR count). The van der Waals surface area contributed by atoms with E-state index < -0.39 is 0 Å². The molecule has 0 aliphatic heterocycles. The molecule has 3 heteroatoms. The SMILES string of the molecule is CN(C)C1(C(CCC(C)(C)C)NN)CCCC1. The van der Waals surface area contributed by atoms with Gasteiger partial charge in [-0.2, -0.15) is 0 Å². The third-order valence-electron chi connectivity index (χ3n) is 4.39. The lowest BCUT2D eigenvalue weighted by Crippen LogP contribution is -2.59. The van der Waals surface area contributed by atoms with Gasteiger partial charge in [-0.25, -0.2) is 0 Å². The van der Waals surface area contributed by atoms with Gasteiger partial charge < -0.3 is 4.90 Å². The lowest BCUT2D eigenvalue weighted by atomic mass is 9.80. The molecule has 1 unspecified atom stereocenters. The summed E-state index contributed by atoms with van der Waals surface area (Å²) in [5, 5.41) is 0. The monoisotopic (exact) mass is 241 g/mol. The molecule has 0 radical (unpaired) electrons. The van der Waals surface area contributed by atoms with Crippen molar-refractivity contribution >= 4 is 0 Å². The maximum atomic E-state index is 5.83. The average molecular weight is 241 g/mol. The molecule has 0 bridgehead atoms. The summed E-state index contributed by atoms with van der Waals surface area (Å²) in [5.74, 6) is 5.83. The summed E-state index contributed by atoms with van der Waals surface area (Å²) in [6.07, 6.45) is 7.62. The molecule has 1 aliphatic carbocycles. The summed E-state index contributed by atoms with van der Waals surface area (Å²) in [5.41, 5.74) is 3.76. The summed E-state index contributed by atoms with van der Waals surface area (Å²) >= 11 is 0. The number of hydrogen-bond acceptors (Lipinski definition) is 3. The molecule has 0 amide bonds. The quantitative estimate of drug-likeness (QED) is 0.574. The molecule has 17 heavy (non-hydrogen) atoms. The first kappa shape index (κ1) is 14.9. The van der Waals surface area contributed by atoms with Crippen molar-refractivity contribution in [3.8, 4) is 0 Å². The number of nitrogens with two attached hydrogens (primary N) is 1. The van der Waals surface area contributed by atoms with Crippen LogP contribution in [0.3, 0.4) is 0 Å². The molecule has 3 nitrogen and oxygen atoms in total. The maximum absolute atomic E-state index is 5.83. The molecule has 0 aromatic carbocycles. The first-order valence-corrected chi connectivity index (χ1v) is 6.95. The predicted octanol–water partition coefficient (Wildman–Crippen LogP) is 2.52. The number of nitrogens with one attached hydrogen (secondary N) is 1. The van der Waals surface area contributed by atoms with Crippen molar-refractivity contribution in [1.29, 1.82) is 0 Å². The predicted molar refractivity (Wildman–Crippen MR) is 74.7 cm³/mol. The highest BCUT2D eigenvalue weighted by Gasteiger charge is 2.42. The van der Waals surface area contributed by atoms with Crippen LogP contribution in [0.2, 0.25) is 0 Å². The van der Waals surface area contributed by atoms with Crippen molar-refractivity contribution < 1.29 is 0 Å². The molecular weight excluding hydrogens is 210 g/mol. The molecule has 0 aromatic heterocycles. The van der Waals surface area contributed by atoms with Gasteiger partial charge in [-0.05, 0) is 45.2 Å². The lowest BCUT2D eigenvalue weighted by Gasteiger charge is -2.43. The third-order valence-corrected chi connectivity index (χ3v) is 4.39. The van der Waals surface area contributed by atoms with Crippen LogP contribution in [-0.2, 0) is 0 Å². The second-order valence-electron chi connectivity index (χ2n) is 7.02. The molecule has 102 valence electrons. The van der Waals surface area contributed by atoms with Gasteiger partial charge in [-0.3, -0.25) is 11.3 Å². The second-order valence-corrected chi connectivity index (χ2v) is 7.02. The smallest absolute Gasteiger partial charge is 0.0394 e. The minimum absolute atomic E-state index is 0.278. The zero-order valence-corrected chi connectivity index (χ0v) is 12.3. The minimum atomic E-state index is 0.278. The Morgan fingerprint density at radius 2 is 1.76 bits per heavy atom. The highest BCUT2D eigenvalue weighted by molar-refractivity contribution is 5.01. The number of hydrogen-bond donors (Lipinski definition) is 2. The standard InChI is InChI=1S/C14H31N3/c1-13(2,3)11-8-12(16-15)14(17(4)5)9-6-7-10-14/h12,16H,6-11,15H2,1-5H3. The van der Waals surface area contributed by atoms with E-state index in [9.17, 15) is 0 Å². The van der Waals surface area contributed by atoms with Gasteiger partial charge in [0.1, 0.15) is 0 Å². The van der Waals surface area contributed by atoms with Crippen LogP contribution in [0.4, 0.5) is 0 Å². The molecule has 0 heterocycles. The fourth-order valence-corrected chi connectivity index (χ4v) is 3.18. The van der Waals surface area contributed by atoms with Crippen molar-refractivity contribution in [1.82, 2.24) is 10.3 Å². The summed E-state index contributed by atoms with van der Waals surface area (Å²) in [7, 11) is 4.40. The number of likely N-dealkylation sites (N-methyl/N-ethyl adjacent to an activating group) is 1. The molecular formula is C14H31N3. The Balaban J connectivity index is 2.69. The van der Waals surface area contributed by atoms with Crippen molar-refractivity contribution in [3.05, 3.63) is 0 Å². The average Bonchev–Trinajstić information content (AvgIpc) is 2.67. The van der Waals surface area contributed by atoms with Gasteiger partial charge in [-0.1, -0.05) is 33.6 Å². The Bertz CT molecular complexity index is 224. The van der Waals surface area contributed by atoms with Gasteiger partial charge >= 0.3 is 0 Å². The van der Waals surface area contributed by atoms with Gasteiger partial charge in [0.2, 0.25) is 0 Å². The van der Waals surface area contributed by atoms with Crippen LogP contribution >= 0.6 is 0 Å². The molecule has 1 fully saturated rings. The summed E-state index contributed by atoms with van der Waals surface area (Å²) in [4.78, 5) is 2.40. The largest absolute Gasteiger partial charge is 0.302 e. The molecule has 0 saturated heterocycles. The van der Waals surface area contributed by atoms with E-state index >= 15 is 0 Å². The van der Waals surface area contributed by atoms with E-state index in [0.29, 0.717) is 11.5 Å². The Morgan fingerprint density at radius 1 is 1.24 bits per heavy atom. The third kappa shape index (κ3) is 3.67. The van der Waals surface area contributed by atoms with Gasteiger partial charge in [-0.15, -0.1) is 0 Å². The van der Waals surface area contributed by atoms with Gasteiger partial charge in [0, 0.05) is 11.6 Å². The maximum Gasteiger partial charge on any atom is 0.0394 e. The molecule has 3 N–H and O–H groups in total. The van der Waals surface area contributed by atoms with Gasteiger partial charge in [0.05, 0.1) is 0 Å². The summed E-state index contributed by atoms with van der Waals surface area (Å²) in [6, 6.07) is 0.416. The molecule has 0 spiro atoms. The number of nitrogens with zero attached hydrogens (tertiary/aromatic N) is 1. The minimum Gasteiger partial charge on any atom is -0.302 e. The summed E-state index contributed by atoms with van der Waals surface area (Å²) < 4.78 is 0. The Kier molecular flexibility index (Phi) is 4.99. The van der Waals surface area contributed by atoms with Crippen LogP contribution in [0.1, 0.15) is 59.3 Å². The van der Waals surface area contributed by atoms with E-state index in [0.717, 1.165) is 6.42 Å². The van der Waals surface area contributed by atoms with Crippen LogP contribution in [-0.4, -0.2) is 30.6 Å². The molecule has 0 aromatic rings. The van der Waals surface area contributed by atoms with Crippen LogP contribution in [0.5, 0.6) is 0 Å². The van der Waals surface area contributed by atoms with Crippen molar-refractivity contribution in [2.45, 2.75) is 70.9 Å². The van der Waals surface area contributed by atoms with E-state index in [2.05, 4.69) is 45.2 Å². The van der Waals surface area contributed by atoms with Crippen molar-refractivity contribution in [2.75, 3.05) is 14.1 Å². The van der Waals surface area contributed by atoms with E-state index in [-0.39, 0.29) is 5.54 Å². The lowest BCUT2D eigenvalue weighted by molar-refractivity contribution is 0.0932. The zero-order valence-electron chi connectivity index (χ0n) is 12.3. The molecule has 1 aliphatic rings. The van der Waals surface area contributed by atoms with E-state index in [1.165, 1.54) is 32.1 Å². The van der Waals surface area contributed by atoms with Crippen molar-refractivity contribution in [3.63, 3.8) is 0 Å². The van der Waals surface area contributed by atoms with E-state index in [1.807, 2.05) is 0 Å². The zero-order chi connectivity index (χ0) is 13.1. The normalized spacial score (nSPS) is 22.1. The fourth-order valence-electron chi connectivity index (χ4n) is 3.18. The first-order valence-electron chi connectivity index (χ1n) is 6.95. The highest BCUT2D eigenvalue weighted by Crippen LogP contribution is 2.39. The topological polar surface area (TPSA) is 41.3 Å². The van der Waals surface area contributed by atoms with Gasteiger partial charge in [0.15, 0.2) is 0 Å².